The van der Waals surface area contributed by atoms with Gasteiger partial charge < -0.3 is 15.8 Å². The second-order valence-corrected chi connectivity index (χ2v) is 6.11. The highest BCUT2D eigenvalue weighted by Crippen LogP contribution is 2.62. The molecule has 1 saturated heterocycles. The van der Waals surface area contributed by atoms with Gasteiger partial charge in [0.2, 0.25) is 0 Å². The average Bonchev–Trinajstić information content (AvgIpc) is 2.66. The number of ether oxygens (including phenoxy) is 1. The Morgan fingerprint density at radius 1 is 1.53 bits per heavy atom. The van der Waals surface area contributed by atoms with Crippen LogP contribution in [0.3, 0.4) is 0 Å². The summed E-state index contributed by atoms with van der Waals surface area (Å²) in [5.41, 5.74) is 7.37. The maximum absolute atomic E-state index is 5.97. The number of guanidine groups is 1. The van der Waals surface area contributed by atoms with Crippen molar-refractivity contribution in [3.8, 4) is 0 Å². The molecule has 3 unspecified atom stereocenters. The molecule has 4 nitrogen and oxygen atoms in total. The van der Waals surface area contributed by atoms with Crippen LogP contribution in [0.15, 0.2) is 17.1 Å². The molecule has 1 spiro atoms. The van der Waals surface area contributed by atoms with Gasteiger partial charge in [0.05, 0.1) is 12.6 Å². The predicted molar refractivity (Wildman–Crippen MR) is 87.8 cm³/mol. The molecular weight excluding hydrogens is 353 g/mol. The smallest absolute Gasteiger partial charge is 0.189 e. The second-order valence-electron chi connectivity index (χ2n) is 6.11. The first-order valence-electron chi connectivity index (χ1n) is 6.96. The van der Waals surface area contributed by atoms with Crippen LogP contribution in [0.25, 0.3) is 0 Å². The Morgan fingerprint density at radius 2 is 2.26 bits per heavy atom. The van der Waals surface area contributed by atoms with Crippen LogP contribution < -0.4 is 11.1 Å². The third-order valence-electron chi connectivity index (χ3n) is 4.86. The molecule has 19 heavy (non-hydrogen) atoms. The summed E-state index contributed by atoms with van der Waals surface area (Å²) in [4.78, 5) is 4.33. The van der Waals surface area contributed by atoms with Crippen molar-refractivity contribution in [1.82, 2.24) is 5.32 Å². The first-order chi connectivity index (χ1) is 8.63. The van der Waals surface area contributed by atoms with E-state index >= 15 is 0 Å². The number of rotatable bonds is 3. The van der Waals surface area contributed by atoms with Gasteiger partial charge in [-0.2, -0.15) is 0 Å². The van der Waals surface area contributed by atoms with Crippen LogP contribution in [0.1, 0.15) is 32.6 Å². The topological polar surface area (TPSA) is 59.6 Å². The van der Waals surface area contributed by atoms with Crippen molar-refractivity contribution in [2.75, 3.05) is 13.2 Å². The summed E-state index contributed by atoms with van der Waals surface area (Å²) in [6.45, 7) is 7.33. The Bertz CT molecular complexity index is 392. The van der Waals surface area contributed by atoms with Gasteiger partial charge in [0.15, 0.2) is 5.96 Å². The minimum absolute atomic E-state index is 0. The molecule has 0 bridgehead atoms. The van der Waals surface area contributed by atoms with Crippen molar-refractivity contribution < 1.29 is 4.74 Å². The molecule has 0 aromatic rings. The first-order valence-corrected chi connectivity index (χ1v) is 6.96. The molecule has 3 N–H and O–H groups in total. The molecule has 3 rings (SSSR count). The number of hydrogen-bond donors (Lipinski definition) is 2. The fraction of sp³-hybridized carbons (Fsp3) is 0.786. The lowest BCUT2D eigenvalue weighted by molar-refractivity contribution is -0.171. The zero-order valence-electron chi connectivity index (χ0n) is 11.5. The lowest BCUT2D eigenvalue weighted by Gasteiger charge is -2.63. The largest absolute Gasteiger partial charge is 0.377 e. The van der Waals surface area contributed by atoms with Crippen molar-refractivity contribution in [2.45, 2.75) is 44.8 Å². The van der Waals surface area contributed by atoms with Gasteiger partial charge in [-0.25, -0.2) is 4.99 Å². The van der Waals surface area contributed by atoms with E-state index in [0.717, 1.165) is 18.6 Å². The van der Waals surface area contributed by atoms with Crippen molar-refractivity contribution in [3.63, 3.8) is 0 Å². The van der Waals surface area contributed by atoms with Gasteiger partial charge in [-0.15, -0.1) is 24.0 Å². The minimum atomic E-state index is 0. The van der Waals surface area contributed by atoms with Gasteiger partial charge in [-0.3, -0.25) is 0 Å². The van der Waals surface area contributed by atoms with E-state index in [9.17, 15) is 0 Å². The molecule has 5 heteroatoms. The monoisotopic (exact) mass is 377 g/mol. The minimum Gasteiger partial charge on any atom is -0.377 e. The van der Waals surface area contributed by atoms with E-state index in [0.29, 0.717) is 36.0 Å². The van der Waals surface area contributed by atoms with Gasteiger partial charge in [0.1, 0.15) is 0 Å². The number of aliphatic imine (C=N–C) groups is 1. The molecule has 3 atom stereocenters. The maximum Gasteiger partial charge on any atom is 0.189 e. The van der Waals surface area contributed by atoms with Crippen molar-refractivity contribution in [1.29, 1.82) is 0 Å². The summed E-state index contributed by atoms with van der Waals surface area (Å²) in [6, 6.07) is 0.479. The molecule has 1 aliphatic heterocycles. The Kier molecular flexibility index (Phi) is 4.45. The van der Waals surface area contributed by atoms with Crippen LogP contribution in [0, 0.1) is 11.3 Å². The molecule has 2 aliphatic carbocycles. The van der Waals surface area contributed by atoms with Gasteiger partial charge in [0.25, 0.3) is 0 Å². The van der Waals surface area contributed by atoms with Crippen molar-refractivity contribution in [2.24, 2.45) is 22.1 Å². The number of nitrogens with zero attached hydrogens (tertiary/aromatic N) is 1. The average molecular weight is 377 g/mol. The standard InChI is InChI=1S/C14H23N3O.HI/c1-9(2)8-16-13(15)17-11-10-4-7-18-12(10)14(11)5-3-6-14;/h10-12H,1,3-8H2,2H3,(H3,15,16,17);1H. The SMILES string of the molecule is C=C(C)CN=C(N)NC1C2CCOC2C12CCC2.I. The normalized spacial score (nSPS) is 34.8. The third kappa shape index (κ3) is 2.39. The Hall–Kier alpha value is -0.300. The molecule has 0 aromatic heterocycles. The summed E-state index contributed by atoms with van der Waals surface area (Å²) in [5, 5.41) is 3.44. The highest BCUT2D eigenvalue weighted by molar-refractivity contribution is 14.0. The molecule has 3 fully saturated rings. The van der Waals surface area contributed by atoms with E-state index in [1.807, 2.05) is 6.92 Å². The fourth-order valence-corrected chi connectivity index (χ4v) is 3.88. The summed E-state index contributed by atoms with van der Waals surface area (Å²) in [6.07, 6.45) is 5.53. The number of fused-ring (bicyclic) bond motifs is 2. The zero-order chi connectivity index (χ0) is 12.8. The molecule has 2 saturated carbocycles. The first kappa shape index (κ1) is 15.1. The molecule has 108 valence electrons. The van der Waals surface area contributed by atoms with E-state index < -0.39 is 0 Å². The number of halogens is 1. The predicted octanol–water partition coefficient (Wildman–Crippen LogP) is 2.04. The summed E-state index contributed by atoms with van der Waals surface area (Å²) < 4.78 is 5.88. The highest BCUT2D eigenvalue weighted by atomic mass is 127. The van der Waals surface area contributed by atoms with Crippen LogP contribution in [0.5, 0.6) is 0 Å². The van der Waals surface area contributed by atoms with Crippen LogP contribution in [0.4, 0.5) is 0 Å². The Morgan fingerprint density at radius 3 is 2.84 bits per heavy atom. The second kappa shape index (κ2) is 5.60. The van der Waals surface area contributed by atoms with Crippen molar-refractivity contribution in [3.05, 3.63) is 12.2 Å². The lowest BCUT2D eigenvalue weighted by atomic mass is 9.46. The van der Waals surface area contributed by atoms with Gasteiger partial charge in [-0.05, 0) is 26.2 Å². The van der Waals surface area contributed by atoms with Crippen molar-refractivity contribution >= 4 is 29.9 Å². The van der Waals surface area contributed by atoms with Crippen LogP contribution >= 0.6 is 24.0 Å². The molecular formula is C14H24IN3O. The summed E-state index contributed by atoms with van der Waals surface area (Å²) >= 11 is 0. The van der Waals surface area contributed by atoms with E-state index in [2.05, 4.69) is 16.9 Å². The number of nitrogens with two attached hydrogens (primary N) is 1. The van der Waals surface area contributed by atoms with Crippen LogP contribution in [-0.4, -0.2) is 31.3 Å². The van der Waals surface area contributed by atoms with E-state index in [-0.39, 0.29) is 24.0 Å². The fourth-order valence-electron chi connectivity index (χ4n) is 3.88. The van der Waals surface area contributed by atoms with Gasteiger partial charge in [0, 0.05) is 24.0 Å². The summed E-state index contributed by atoms with van der Waals surface area (Å²) in [5.74, 6) is 1.21. The zero-order valence-corrected chi connectivity index (χ0v) is 13.9. The maximum atomic E-state index is 5.97. The lowest BCUT2D eigenvalue weighted by Crippen LogP contribution is -2.72. The van der Waals surface area contributed by atoms with Crippen LogP contribution in [0.2, 0.25) is 0 Å². The number of nitrogens with one attached hydrogen (secondary N) is 1. The highest BCUT2D eigenvalue weighted by Gasteiger charge is 2.66. The van der Waals surface area contributed by atoms with Crippen LogP contribution in [-0.2, 0) is 4.74 Å². The molecule has 0 aromatic carbocycles. The molecule has 0 amide bonds. The Labute approximate surface area is 132 Å². The summed E-state index contributed by atoms with van der Waals surface area (Å²) in [7, 11) is 0. The Balaban J connectivity index is 0.00000133. The molecule has 0 radical (unpaired) electrons. The van der Waals surface area contributed by atoms with Gasteiger partial charge >= 0.3 is 0 Å². The third-order valence-corrected chi connectivity index (χ3v) is 4.86. The van der Waals surface area contributed by atoms with Gasteiger partial charge in [-0.1, -0.05) is 18.6 Å². The molecule has 3 aliphatic rings. The molecule has 1 heterocycles. The number of hydrogen-bond acceptors (Lipinski definition) is 2. The van der Waals surface area contributed by atoms with E-state index in [4.69, 9.17) is 10.5 Å². The quantitative estimate of drug-likeness (QED) is 0.343. The van der Waals surface area contributed by atoms with E-state index in [1.165, 1.54) is 19.3 Å². The van der Waals surface area contributed by atoms with E-state index in [1.54, 1.807) is 0 Å².